The van der Waals surface area contributed by atoms with Crippen LogP contribution in [0.25, 0.3) is 0 Å². The first kappa shape index (κ1) is 18.4. The smallest absolute Gasteiger partial charge is 0.278 e. The minimum Gasteiger partial charge on any atom is -0.278 e. The Morgan fingerprint density at radius 1 is 1.00 bits per heavy atom. The number of thioether (sulfide) groups is 1. The van der Waals surface area contributed by atoms with Gasteiger partial charge >= 0.3 is 6.18 Å². The van der Waals surface area contributed by atoms with Crippen molar-refractivity contribution in [1.82, 2.24) is 4.72 Å². The van der Waals surface area contributed by atoms with Crippen LogP contribution in [0.1, 0.15) is 5.56 Å². The van der Waals surface area contributed by atoms with Crippen molar-refractivity contribution >= 4 is 21.8 Å². The molecule has 0 spiro atoms. The number of allylic oxidation sites excluding steroid dienone is 1. The first-order valence-electron chi connectivity index (χ1n) is 6.80. The molecule has 2 aromatic rings. The summed E-state index contributed by atoms with van der Waals surface area (Å²) >= 11 is 0.793. The molecule has 128 valence electrons. The monoisotopic (exact) mass is 373 g/mol. The Morgan fingerprint density at radius 2 is 1.54 bits per heavy atom. The van der Waals surface area contributed by atoms with E-state index in [-0.39, 0.29) is 0 Å². The van der Waals surface area contributed by atoms with Crippen LogP contribution < -0.4 is 4.72 Å². The van der Waals surface area contributed by atoms with E-state index in [0.29, 0.717) is 10.5 Å². The van der Waals surface area contributed by atoms with E-state index in [9.17, 15) is 21.6 Å². The lowest BCUT2D eigenvalue weighted by atomic mass is 10.2. The summed E-state index contributed by atoms with van der Waals surface area (Å²) in [5, 5.41) is 0.762. The van der Waals surface area contributed by atoms with E-state index in [4.69, 9.17) is 0 Å². The van der Waals surface area contributed by atoms with Gasteiger partial charge in [0.1, 0.15) is 5.70 Å². The summed E-state index contributed by atoms with van der Waals surface area (Å²) in [5.41, 5.74) is -0.908. The zero-order chi connectivity index (χ0) is 17.6. The molecule has 0 aliphatic carbocycles. The second-order valence-corrected chi connectivity index (χ2v) is 7.47. The van der Waals surface area contributed by atoms with Gasteiger partial charge in [-0.3, -0.25) is 4.72 Å². The van der Waals surface area contributed by atoms with Gasteiger partial charge in [0.25, 0.3) is 0 Å². The van der Waals surface area contributed by atoms with Gasteiger partial charge < -0.3 is 0 Å². The number of sulfonamides is 1. The molecule has 3 nitrogen and oxygen atoms in total. The summed E-state index contributed by atoms with van der Waals surface area (Å²) in [6.45, 7) is 0. The summed E-state index contributed by atoms with van der Waals surface area (Å²) in [5.74, 6) is -0.530. The van der Waals surface area contributed by atoms with Crippen LogP contribution in [0.2, 0.25) is 0 Å². The number of alkyl halides is 3. The van der Waals surface area contributed by atoms with Gasteiger partial charge in [-0.1, -0.05) is 60.3 Å². The van der Waals surface area contributed by atoms with Crippen molar-refractivity contribution in [1.29, 1.82) is 0 Å². The highest BCUT2D eigenvalue weighted by atomic mass is 32.2. The molecule has 0 fully saturated rings. The van der Waals surface area contributed by atoms with Gasteiger partial charge in [0.2, 0.25) is 10.0 Å². The van der Waals surface area contributed by atoms with E-state index < -0.39 is 27.6 Å². The van der Waals surface area contributed by atoms with E-state index in [1.807, 2.05) is 0 Å². The molecule has 0 aliphatic heterocycles. The molecule has 0 aromatic heterocycles. The van der Waals surface area contributed by atoms with Gasteiger partial charge in [-0.25, -0.2) is 8.42 Å². The zero-order valence-electron chi connectivity index (χ0n) is 12.3. The maximum absolute atomic E-state index is 13.1. The maximum atomic E-state index is 13.1. The van der Waals surface area contributed by atoms with E-state index in [0.717, 1.165) is 17.2 Å². The molecular formula is C16H14F3NO2S2. The SMILES string of the molecule is O=S(=O)(Cc1ccccc1)N/C(=C\Sc1ccccc1)C(F)(F)F. The van der Waals surface area contributed by atoms with Crippen molar-refractivity contribution in [2.45, 2.75) is 16.8 Å². The van der Waals surface area contributed by atoms with Gasteiger partial charge in [0.15, 0.2) is 0 Å². The molecular weight excluding hydrogens is 359 g/mol. The van der Waals surface area contributed by atoms with Crippen LogP contribution in [0.5, 0.6) is 0 Å². The Hall–Kier alpha value is -1.93. The fourth-order valence-corrected chi connectivity index (χ4v) is 3.82. The third kappa shape index (κ3) is 5.93. The number of benzene rings is 2. The van der Waals surface area contributed by atoms with Crippen molar-refractivity contribution in [2.75, 3.05) is 0 Å². The minimum absolute atomic E-state index is 0.405. The number of rotatable bonds is 6. The molecule has 0 unspecified atom stereocenters. The fourth-order valence-electron chi connectivity index (χ4n) is 1.77. The molecule has 0 heterocycles. The first-order chi connectivity index (χ1) is 11.3. The van der Waals surface area contributed by atoms with Crippen LogP contribution in [0.4, 0.5) is 13.2 Å². The van der Waals surface area contributed by atoms with E-state index in [2.05, 4.69) is 0 Å². The molecule has 0 atom stereocenters. The predicted molar refractivity (Wildman–Crippen MR) is 88.6 cm³/mol. The third-order valence-electron chi connectivity index (χ3n) is 2.83. The first-order valence-corrected chi connectivity index (χ1v) is 9.33. The lowest BCUT2D eigenvalue weighted by Gasteiger charge is -2.14. The van der Waals surface area contributed by atoms with Crippen LogP contribution in [0.3, 0.4) is 0 Å². The highest BCUT2D eigenvalue weighted by molar-refractivity contribution is 8.02. The quantitative estimate of drug-likeness (QED) is 0.768. The van der Waals surface area contributed by atoms with Crippen molar-refractivity contribution in [3.05, 3.63) is 77.3 Å². The highest BCUT2D eigenvalue weighted by Crippen LogP contribution is 2.29. The summed E-state index contributed by atoms with van der Waals surface area (Å²) in [4.78, 5) is 0.571. The topological polar surface area (TPSA) is 46.2 Å². The van der Waals surface area contributed by atoms with Crippen LogP contribution in [-0.4, -0.2) is 14.6 Å². The molecule has 0 bridgehead atoms. The lowest BCUT2D eigenvalue weighted by Crippen LogP contribution is -2.32. The van der Waals surface area contributed by atoms with E-state index in [1.54, 1.807) is 53.3 Å². The largest absolute Gasteiger partial charge is 0.432 e. The number of hydrogen-bond donors (Lipinski definition) is 1. The van der Waals surface area contributed by atoms with Crippen molar-refractivity contribution in [3.8, 4) is 0 Å². The summed E-state index contributed by atoms with van der Waals surface area (Å²) in [7, 11) is -4.17. The Morgan fingerprint density at radius 3 is 2.08 bits per heavy atom. The Bertz CT molecular complexity index is 789. The molecule has 1 N–H and O–H groups in total. The number of hydrogen-bond acceptors (Lipinski definition) is 3. The molecule has 8 heteroatoms. The standard InChI is InChI=1S/C16H14F3NO2S2/c17-16(18,19)15(11-23-14-9-5-2-6-10-14)20-24(21,22)12-13-7-3-1-4-8-13/h1-11,20H,12H2/b15-11-. The van der Waals surface area contributed by atoms with Gasteiger partial charge in [0, 0.05) is 10.3 Å². The molecule has 0 aliphatic rings. The minimum atomic E-state index is -4.80. The van der Waals surface area contributed by atoms with Gasteiger partial charge in [0.05, 0.1) is 5.75 Å². The normalized spacial score (nSPS) is 12.9. The second-order valence-electron chi connectivity index (χ2n) is 4.81. The second kappa shape index (κ2) is 7.76. The Balaban J connectivity index is 2.16. The van der Waals surface area contributed by atoms with Crippen molar-refractivity contribution in [3.63, 3.8) is 0 Å². The maximum Gasteiger partial charge on any atom is 0.432 e. The zero-order valence-corrected chi connectivity index (χ0v) is 14.0. The molecule has 0 radical (unpaired) electrons. The third-order valence-corrected chi connectivity index (χ3v) is 4.97. The average Bonchev–Trinajstić information content (AvgIpc) is 2.52. The molecule has 24 heavy (non-hydrogen) atoms. The van der Waals surface area contributed by atoms with Crippen LogP contribution in [0, 0.1) is 0 Å². The molecule has 2 rings (SSSR count). The molecule has 0 amide bonds. The van der Waals surface area contributed by atoms with Crippen molar-refractivity contribution in [2.24, 2.45) is 0 Å². The highest BCUT2D eigenvalue weighted by Gasteiger charge is 2.36. The fraction of sp³-hybridized carbons (Fsp3) is 0.125. The van der Waals surface area contributed by atoms with Crippen LogP contribution in [0.15, 0.2) is 76.7 Å². The molecule has 0 saturated heterocycles. The van der Waals surface area contributed by atoms with E-state index >= 15 is 0 Å². The number of halogens is 3. The molecule has 2 aromatic carbocycles. The van der Waals surface area contributed by atoms with Gasteiger partial charge in [-0.05, 0) is 17.7 Å². The van der Waals surface area contributed by atoms with Gasteiger partial charge in [-0.15, -0.1) is 0 Å². The van der Waals surface area contributed by atoms with E-state index in [1.165, 1.54) is 12.1 Å². The summed E-state index contributed by atoms with van der Waals surface area (Å²) < 4.78 is 64.9. The number of nitrogens with one attached hydrogen (secondary N) is 1. The van der Waals surface area contributed by atoms with Gasteiger partial charge in [-0.2, -0.15) is 13.2 Å². The van der Waals surface area contributed by atoms with Crippen LogP contribution in [-0.2, 0) is 15.8 Å². The van der Waals surface area contributed by atoms with Crippen LogP contribution >= 0.6 is 11.8 Å². The average molecular weight is 373 g/mol. The lowest BCUT2D eigenvalue weighted by molar-refractivity contribution is -0.0942. The molecule has 0 saturated carbocycles. The Labute approximate surface area is 142 Å². The summed E-state index contributed by atoms with van der Waals surface area (Å²) in [6, 6.07) is 16.4. The Kier molecular flexibility index (Phi) is 5.95. The summed E-state index contributed by atoms with van der Waals surface area (Å²) in [6.07, 6.45) is -4.80. The predicted octanol–water partition coefficient (Wildman–Crippen LogP) is 4.30. The van der Waals surface area contributed by atoms with Crippen molar-refractivity contribution < 1.29 is 21.6 Å².